The second-order valence-corrected chi connectivity index (χ2v) is 9.49. The Bertz CT molecular complexity index is 1160. The lowest BCUT2D eigenvalue weighted by molar-refractivity contribution is 0.177. The van der Waals surface area contributed by atoms with Gasteiger partial charge in [0.2, 0.25) is 0 Å². The number of hydrogen-bond acceptors (Lipinski definition) is 3. The van der Waals surface area contributed by atoms with Gasteiger partial charge in [-0.2, -0.15) is 5.10 Å². The van der Waals surface area contributed by atoms with E-state index in [1.165, 1.54) is 6.07 Å². The maximum atomic E-state index is 13.5. The van der Waals surface area contributed by atoms with E-state index in [0.29, 0.717) is 21.7 Å². The summed E-state index contributed by atoms with van der Waals surface area (Å²) in [5.41, 5.74) is 4.74. The van der Waals surface area contributed by atoms with Crippen LogP contribution in [-0.2, 0) is 13.1 Å². The summed E-state index contributed by atoms with van der Waals surface area (Å²) in [4.78, 5) is 4.49. The monoisotopic (exact) mass is 505 g/mol. The number of rotatable bonds is 5. The van der Waals surface area contributed by atoms with E-state index >= 15 is 0 Å². The molecular weight excluding hydrogens is 480 g/mol. The Kier molecular flexibility index (Phi) is 7.54. The van der Waals surface area contributed by atoms with E-state index in [4.69, 9.17) is 35.4 Å². The van der Waals surface area contributed by atoms with E-state index in [2.05, 4.69) is 20.2 Å². The van der Waals surface area contributed by atoms with E-state index < -0.39 is 0 Å². The van der Waals surface area contributed by atoms with Crippen molar-refractivity contribution in [2.45, 2.75) is 26.9 Å². The van der Waals surface area contributed by atoms with E-state index in [1.54, 1.807) is 18.2 Å². The first-order valence-corrected chi connectivity index (χ1v) is 12.0. The smallest absolute Gasteiger partial charge is 0.173 e. The van der Waals surface area contributed by atoms with Crippen LogP contribution in [0.5, 0.6) is 0 Å². The maximum Gasteiger partial charge on any atom is 0.173 e. The van der Waals surface area contributed by atoms with Crippen molar-refractivity contribution in [3.8, 4) is 0 Å². The first-order valence-electron chi connectivity index (χ1n) is 10.8. The second kappa shape index (κ2) is 10.4. The van der Waals surface area contributed by atoms with Crippen LogP contribution in [0.1, 0.15) is 22.5 Å². The van der Waals surface area contributed by atoms with Gasteiger partial charge in [0.25, 0.3) is 0 Å². The molecule has 0 atom stereocenters. The molecule has 0 bridgehead atoms. The Morgan fingerprint density at radius 2 is 1.82 bits per heavy atom. The average molecular weight is 506 g/mol. The van der Waals surface area contributed by atoms with Crippen molar-refractivity contribution in [1.29, 1.82) is 0 Å². The first-order chi connectivity index (χ1) is 15.8. The number of hydrogen-bond donors (Lipinski definition) is 1. The van der Waals surface area contributed by atoms with Crippen LogP contribution in [0.2, 0.25) is 10.0 Å². The van der Waals surface area contributed by atoms with Gasteiger partial charge < -0.3 is 10.2 Å². The van der Waals surface area contributed by atoms with Crippen LogP contribution in [0.3, 0.4) is 0 Å². The van der Waals surface area contributed by atoms with Gasteiger partial charge in [-0.15, -0.1) is 0 Å². The van der Waals surface area contributed by atoms with Crippen molar-refractivity contribution in [3.63, 3.8) is 0 Å². The average Bonchev–Trinajstić information content (AvgIpc) is 3.03. The standard InChI is InChI=1S/C24H26Cl2FN5S/c1-16-23(17(2)32(29-16)15-19-6-7-20(25)13-22(19)26)28-24(33)31-10-8-30(9-11-31)14-18-4-3-5-21(27)12-18/h3-7,12-13H,8-11,14-15H2,1-2H3,(H,28,33). The Morgan fingerprint density at radius 3 is 2.52 bits per heavy atom. The molecule has 0 unspecified atom stereocenters. The number of anilines is 1. The molecule has 33 heavy (non-hydrogen) atoms. The fourth-order valence-corrected chi connectivity index (χ4v) is 4.78. The van der Waals surface area contributed by atoms with Crippen molar-refractivity contribution in [2.24, 2.45) is 0 Å². The molecule has 0 amide bonds. The Labute approximate surface area is 209 Å². The van der Waals surface area contributed by atoms with Gasteiger partial charge in [0.05, 0.1) is 23.6 Å². The number of piperazine rings is 1. The van der Waals surface area contributed by atoms with E-state index in [1.807, 2.05) is 36.7 Å². The summed E-state index contributed by atoms with van der Waals surface area (Å²) in [6.45, 7) is 8.64. The largest absolute Gasteiger partial charge is 0.346 e. The fraction of sp³-hybridized carbons (Fsp3) is 0.333. The molecule has 2 aromatic carbocycles. The summed E-state index contributed by atoms with van der Waals surface area (Å²) in [7, 11) is 0. The molecule has 1 fully saturated rings. The molecule has 0 spiro atoms. The highest BCUT2D eigenvalue weighted by Gasteiger charge is 2.21. The Balaban J connectivity index is 1.36. The lowest BCUT2D eigenvalue weighted by Gasteiger charge is -2.36. The summed E-state index contributed by atoms with van der Waals surface area (Å²) in [5, 5.41) is 10.0. The Hall–Kier alpha value is -2.19. The van der Waals surface area contributed by atoms with Crippen LogP contribution < -0.4 is 5.32 Å². The third-order valence-corrected chi connectivity index (χ3v) is 6.85. The normalized spacial score (nSPS) is 14.5. The lowest BCUT2D eigenvalue weighted by atomic mass is 10.2. The van der Waals surface area contributed by atoms with E-state index in [0.717, 1.165) is 60.9 Å². The zero-order valence-corrected chi connectivity index (χ0v) is 20.9. The highest BCUT2D eigenvalue weighted by molar-refractivity contribution is 7.80. The van der Waals surface area contributed by atoms with Crippen molar-refractivity contribution < 1.29 is 4.39 Å². The van der Waals surface area contributed by atoms with Crippen LogP contribution in [0.25, 0.3) is 0 Å². The molecule has 2 heterocycles. The second-order valence-electron chi connectivity index (χ2n) is 8.26. The topological polar surface area (TPSA) is 36.3 Å². The van der Waals surface area contributed by atoms with Gasteiger partial charge in [-0.3, -0.25) is 9.58 Å². The molecule has 3 aromatic rings. The minimum Gasteiger partial charge on any atom is -0.346 e. The third-order valence-electron chi connectivity index (χ3n) is 5.90. The molecule has 0 saturated carbocycles. The molecule has 1 aliphatic rings. The van der Waals surface area contributed by atoms with Crippen molar-refractivity contribution in [3.05, 3.63) is 80.8 Å². The molecule has 0 aliphatic carbocycles. The molecule has 0 radical (unpaired) electrons. The molecule has 1 saturated heterocycles. The predicted octanol–water partition coefficient (Wildman–Crippen LogP) is 5.51. The van der Waals surface area contributed by atoms with Gasteiger partial charge in [0.1, 0.15) is 5.82 Å². The number of thiocarbonyl (C=S) groups is 1. The molecule has 5 nitrogen and oxygen atoms in total. The minimum absolute atomic E-state index is 0.193. The van der Waals surface area contributed by atoms with E-state index in [9.17, 15) is 4.39 Å². The number of halogens is 3. The van der Waals surface area contributed by atoms with Crippen LogP contribution in [0.15, 0.2) is 42.5 Å². The minimum atomic E-state index is -0.193. The van der Waals surface area contributed by atoms with Gasteiger partial charge in [-0.25, -0.2) is 4.39 Å². The summed E-state index contributed by atoms with van der Waals surface area (Å²) in [6, 6.07) is 12.3. The van der Waals surface area contributed by atoms with Crippen LogP contribution in [-0.4, -0.2) is 50.9 Å². The highest BCUT2D eigenvalue weighted by atomic mass is 35.5. The van der Waals surface area contributed by atoms with Crippen molar-refractivity contribution in [1.82, 2.24) is 19.6 Å². The van der Waals surface area contributed by atoms with Gasteiger partial charge in [0, 0.05) is 42.8 Å². The quantitative estimate of drug-likeness (QED) is 0.462. The van der Waals surface area contributed by atoms with Crippen molar-refractivity contribution in [2.75, 3.05) is 31.5 Å². The van der Waals surface area contributed by atoms with Crippen LogP contribution >= 0.6 is 35.4 Å². The van der Waals surface area contributed by atoms with Crippen LogP contribution in [0, 0.1) is 19.7 Å². The molecule has 4 rings (SSSR count). The Morgan fingerprint density at radius 1 is 1.06 bits per heavy atom. The third kappa shape index (κ3) is 5.84. The summed E-state index contributed by atoms with van der Waals surface area (Å²) in [5.74, 6) is -0.193. The molecule has 174 valence electrons. The molecule has 9 heteroatoms. The number of benzene rings is 2. The number of nitrogens with zero attached hydrogens (tertiary/aromatic N) is 4. The SMILES string of the molecule is Cc1nn(Cc2ccc(Cl)cc2Cl)c(C)c1NC(=S)N1CCN(Cc2cccc(F)c2)CC1. The highest BCUT2D eigenvalue weighted by Crippen LogP contribution is 2.25. The molecular formula is C24H26Cl2FN5S. The summed E-state index contributed by atoms with van der Waals surface area (Å²) >= 11 is 18.1. The number of nitrogens with one attached hydrogen (secondary N) is 1. The number of aryl methyl sites for hydroxylation is 1. The van der Waals surface area contributed by atoms with Gasteiger partial charge >= 0.3 is 0 Å². The zero-order chi connectivity index (χ0) is 23.5. The van der Waals surface area contributed by atoms with Gasteiger partial charge in [-0.05, 0) is 61.5 Å². The van der Waals surface area contributed by atoms with Crippen LogP contribution in [0.4, 0.5) is 10.1 Å². The molecule has 1 N–H and O–H groups in total. The van der Waals surface area contributed by atoms with E-state index in [-0.39, 0.29) is 5.82 Å². The summed E-state index contributed by atoms with van der Waals surface area (Å²) in [6.07, 6.45) is 0. The van der Waals surface area contributed by atoms with Gasteiger partial charge in [-0.1, -0.05) is 41.4 Å². The first kappa shape index (κ1) is 24.0. The van der Waals surface area contributed by atoms with Gasteiger partial charge in [0.15, 0.2) is 5.11 Å². The maximum absolute atomic E-state index is 13.5. The lowest BCUT2D eigenvalue weighted by Crippen LogP contribution is -2.49. The number of aromatic nitrogens is 2. The zero-order valence-electron chi connectivity index (χ0n) is 18.6. The van der Waals surface area contributed by atoms with Crippen molar-refractivity contribution >= 4 is 46.2 Å². The summed E-state index contributed by atoms with van der Waals surface area (Å²) < 4.78 is 15.4. The predicted molar refractivity (Wildman–Crippen MR) is 137 cm³/mol. The fourth-order valence-electron chi connectivity index (χ4n) is 4.03. The molecule has 1 aliphatic heterocycles. The molecule has 1 aromatic heterocycles.